The molecule has 1 fully saturated rings. The smallest absolute Gasteiger partial charge is 0.249 e. The molecule has 1 aliphatic rings. The number of nitrogens with zero attached hydrogens (tertiary/aromatic N) is 3. The molecule has 98 valence electrons. The van der Waals surface area contributed by atoms with Gasteiger partial charge in [0, 0.05) is 18.7 Å². The van der Waals surface area contributed by atoms with E-state index in [0.717, 1.165) is 16.3 Å². The van der Waals surface area contributed by atoms with E-state index in [1.165, 1.54) is 23.1 Å². The lowest BCUT2D eigenvalue weighted by Gasteiger charge is -2.09. The van der Waals surface area contributed by atoms with Crippen molar-refractivity contribution in [3.63, 3.8) is 0 Å². The molecule has 2 rings (SSSR count). The number of carbonyl (C=O) groups excluding carboxylic acids is 2. The van der Waals surface area contributed by atoms with Gasteiger partial charge in [0.05, 0.1) is 5.25 Å². The summed E-state index contributed by atoms with van der Waals surface area (Å²) in [6, 6.07) is 0. The summed E-state index contributed by atoms with van der Waals surface area (Å²) in [6.07, 6.45) is 0.976. The molecule has 0 spiro atoms. The largest absolute Gasteiger partial charge is 0.330 e. The first-order valence-electron chi connectivity index (χ1n) is 5.68. The molecule has 0 radical (unpaired) electrons. The van der Waals surface area contributed by atoms with E-state index >= 15 is 0 Å². The van der Waals surface area contributed by atoms with Crippen LogP contribution in [0, 0.1) is 0 Å². The highest BCUT2D eigenvalue weighted by Crippen LogP contribution is 2.31. The van der Waals surface area contributed by atoms with Crippen LogP contribution in [0.1, 0.15) is 18.4 Å². The number of hydrogen-bond donors (Lipinski definition) is 1. The summed E-state index contributed by atoms with van der Waals surface area (Å²) in [7, 11) is 0. The van der Waals surface area contributed by atoms with Gasteiger partial charge in [0.25, 0.3) is 0 Å². The monoisotopic (exact) mass is 286 g/mol. The van der Waals surface area contributed by atoms with Gasteiger partial charge in [-0.1, -0.05) is 18.3 Å². The molecule has 2 amide bonds. The van der Waals surface area contributed by atoms with Crippen LogP contribution in [-0.4, -0.2) is 39.6 Å². The maximum absolute atomic E-state index is 12.1. The molecule has 1 aliphatic heterocycles. The predicted octanol–water partition coefficient (Wildman–Crippen LogP) is 0.424. The molecule has 8 heteroatoms. The fraction of sp³-hybridized carbons (Fsp3) is 0.600. The van der Waals surface area contributed by atoms with Crippen molar-refractivity contribution in [3.05, 3.63) is 5.01 Å². The Hall–Kier alpha value is -0.990. The van der Waals surface area contributed by atoms with Crippen molar-refractivity contribution in [1.29, 1.82) is 0 Å². The standard InChI is InChI=1S/C10H14N4O2S2/c1-2-7-12-13-10(18-7)14-8(15)5-6(9(14)16)17-4-3-11/h6H,2-5,11H2,1H3. The lowest BCUT2D eigenvalue weighted by atomic mass is 10.4. The molecular formula is C10H14N4O2S2. The average molecular weight is 286 g/mol. The first kappa shape index (κ1) is 13.4. The van der Waals surface area contributed by atoms with E-state index in [1.54, 1.807) is 0 Å². The summed E-state index contributed by atoms with van der Waals surface area (Å²) in [5, 5.41) is 8.72. The third-order valence-electron chi connectivity index (χ3n) is 2.49. The molecule has 1 aromatic rings. The first-order chi connectivity index (χ1) is 8.67. The molecule has 1 aromatic heterocycles. The number of imide groups is 1. The average Bonchev–Trinajstić information content (AvgIpc) is 2.92. The van der Waals surface area contributed by atoms with Crippen LogP contribution in [0.15, 0.2) is 0 Å². The molecule has 18 heavy (non-hydrogen) atoms. The highest BCUT2D eigenvalue weighted by Gasteiger charge is 2.41. The second-order valence-electron chi connectivity index (χ2n) is 3.75. The third kappa shape index (κ3) is 2.55. The van der Waals surface area contributed by atoms with E-state index in [2.05, 4.69) is 10.2 Å². The zero-order valence-electron chi connectivity index (χ0n) is 9.96. The number of rotatable bonds is 5. The minimum Gasteiger partial charge on any atom is -0.330 e. The first-order valence-corrected chi connectivity index (χ1v) is 7.54. The molecule has 1 atom stereocenters. The summed E-state index contributed by atoms with van der Waals surface area (Å²) < 4.78 is 0. The van der Waals surface area contributed by atoms with E-state index in [9.17, 15) is 9.59 Å². The summed E-state index contributed by atoms with van der Waals surface area (Å²) >= 11 is 2.72. The van der Waals surface area contributed by atoms with Crippen LogP contribution < -0.4 is 10.6 Å². The molecule has 0 bridgehead atoms. The lowest BCUT2D eigenvalue weighted by molar-refractivity contribution is -0.121. The van der Waals surface area contributed by atoms with Gasteiger partial charge in [-0.05, 0) is 6.42 Å². The van der Waals surface area contributed by atoms with Crippen LogP contribution >= 0.6 is 23.1 Å². The van der Waals surface area contributed by atoms with Crippen molar-refractivity contribution < 1.29 is 9.59 Å². The van der Waals surface area contributed by atoms with Gasteiger partial charge in [0.2, 0.25) is 16.9 Å². The second-order valence-corrected chi connectivity index (χ2v) is 6.10. The molecule has 0 saturated carbocycles. The Bertz CT molecular complexity index is 462. The molecule has 1 saturated heterocycles. The Morgan fingerprint density at radius 2 is 2.28 bits per heavy atom. The minimum atomic E-state index is -0.324. The van der Waals surface area contributed by atoms with E-state index in [0.29, 0.717) is 17.4 Å². The maximum atomic E-state index is 12.1. The number of hydrogen-bond acceptors (Lipinski definition) is 7. The zero-order chi connectivity index (χ0) is 13.1. The number of carbonyl (C=O) groups is 2. The van der Waals surface area contributed by atoms with Crippen LogP contribution in [0.25, 0.3) is 0 Å². The Labute approximate surface area is 113 Å². The van der Waals surface area contributed by atoms with Gasteiger partial charge in [0.15, 0.2) is 0 Å². The molecule has 6 nitrogen and oxygen atoms in total. The van der Waals surface area contributed by atoms with Crippen LogP contribution in [0.5, 0.6) is 0 Å². The number of anilines is 1. The van der Waals surface area contributed by atoms with Gasteiger partial charge in [-0.3, -0.25) is 9.59 Å². The highest BCUT2D eigenvalue weighted by molar-refractivity contribution is 8.00. The second kappa shape index (κ2) is 5.77. The van der Waals surface area contributed by atoms with Crippen molar-refractivity contribution >= 4 is 40.0 Å². The maximum Gasteiger partial charge on any atom is 0.249 e. The van der Waals surface area contributed by atoms with E-state index in [4.69, 9.17) is 5.73 Å². The third-order valence-corrected chi connectivity index (χ3v) is 4.79. The van der Waals surface area contributed by atoms with E-state index < -0.39 is 0 Å². The van der Waals surface area contributed by atoms with Crippen molar-refractivity contribution in [2.45, 2.75) is 25.0 Å². The van der Waals surface area contributed by atoms with Crippen molar-refractivity contribution in [2.24, 2.45) is 5.73 Å². The minimum absolute atomic E-state index is 0.197. The molecule has 0 aromatic carbocycles. The van der Waals surface area contributed by atoms with Crippen LogP contribution in [0.2, 0.25) is 0 Å². The fourth-order valence-electron chi connectivity index (χ4n) is 1.62. The SMILES string of the molecule is CCc1nnc(N2C(=O)CC(SCCN)C2=O)s1. The van der Waals surface area contributed by atoms with Crippen molar-refractivity contribution in [1.82, 2.24) is 10.2 Å². The van der Waals surface area contributed by atoms with Crippen molar-refractivity contribution in [2.75, 3.05) is 17.2 Å². The van der Waals surface area contributed by atoms with E-state index in [1.807, 2.05) is 6.92 Å². The number of aryl methyl sites for hydroxylation is 1. The van der Waals surface area contributed by atoms with Crippen molar-refractivity contribution in [3.8, 4) is 0 Å². The summed E-state index contributed by atoms with van der Waals surface area (Å²) in [5.74, 6) is 0.277. The highest BCUT2D eigenvalue weighted by atomic mass is 32.2. The zero-order valence-corrected chi connectivity index (χ0v) is 11.6. The van der Waals surface area contributed by atoms with Gasteiger partial charge in [-0.15, -0.1) is 22.0 Å². The number of nitrogens with two attached hydrogens (primary N) is 1. The number of thioether (sulfide) groups is 1. The van der Waals surface area contributed by atoms with Crippen LogP contribution in [0.4, 0.5) is 5.13 Å². The summed E-state index contributed by atoms with van der Waals surface area (Å²) in [4.78, 5) is 25.1. The Kier molecular flexibility index (Phi) is 4.31. The number of aromatic nitrogens is 2. The van der Waals surface area contributed by atoms with Crippen LogP contribution in [-0.2, 0) is 16.0 Å². The van der Waals surface area contributed by atoms with Crippen LogP contribution in [0.3, 0.4) is 0 Å². The molecule has 2 N–H and O–H groups in total. The van der Waals surface area contributed by atoms with Gasteiger partial charge in [0.1, 0.15) is 5.01 Å². The van der Waals surface area contributed by atoms with Gasteiger partial charge >= 0.3 is 0 Å². The molecule has 0 aliphatic carbocycles. The van der Waals surface area contributed by atoms with Gasteiger partial charge in [-0.2, -0.15) is 0 Å². The molecular weight excluding hydrogens is 272 g/mol. The molecule has 2 heterocycles. The summed E-state index contributed by atoms with van der Waals surface area (Å²) in [6.45, 7) is 2.46. The Balaban J connectivity index is 2.13. The fourth-order valence-corrected chi connectivity index (χ4v) is 3.35. The van der Waals surface area contributed by atoms with E-state index in [-0.39, 0.29) is 23.5 Å². The normalized spacial score (nSPS) is 19.9. The summed E-state index contributed by atoms with van der Waals surface area (Å²) in [5.41, 5.74) is 5.40. The predicted molar refractivity (Wildman–Crippen MR) is 71.7 cm³/mol. The van der Waals surface area contributed by atoms with Gasteiger partial charge in [-0.25, -0.2) is 4.90 Å². The topological polar surface area (TPSA) is 89.2 Å². The Morgan fingerprint density at radius 3 is 2.89 bits per heavy atom. The Morgan fingerprint density at radius 1 is 1.50 bits per heavy atom. The van der Waals surface area contributed by atoms with Gasteiger partial charge < -0.3 is 5.73 Å². The molecule has 1 unspecified atom stereocenters. The number of amides is 2. The quantitative estimate of drug-likeness (QED) is 0.789. The lowest BCUT2D eigenvalue weighted by Crippen LogP contribution is -2.31.